The van der Waals surface area contributed by atoms with E-state index in [9.17, 15) is 0 Å². The second kappa shape index (κ2) is 12.9. The smallest absolute Gasteiger partial charge is 0.0465 e. The summed E-state index contributed by atoms with van der Waals surface area (Å²) in [7, 11) is 0. The Labute approximate surface area is 372 Å². The molecule has 7 aliphatic rings. The molecule has 1 nitrogen and oxygen atoms in total. The van der Waals surface area contributed by atoms with Crippen molar-refractivity contribution in [2.24, 2.45) is 23.7 Å². The third-order valence-corrected chi connectivity index (χ3v) is 17.9. The number of hydrogen-bond acceptors (Lipinski definition) is 1. The fraction of sp³-hybridized carbons (Fsp3) is 0.410. The standard InChI is InChI=1S/C61H65N/c1-57(2,3)41-17-14-39(15-18-41)40-16-22-49-50-24-20-45(35-55(50)61(54(49)33-40)42-29-37-28-38(31-42)32-43(61)30-37)62(46-21-25-52-56(36-46)59(6,7)27-26-58(52,4)5)44-19-23-48-47-12-10-11-13-51(47)60(8,9)53(48)34-44/h10-25,33-38,42-43H,26-32H2,1-9H3. The van der Waals surface area contributed by atoms with Gasteiger partial charge in [-0.05, 0) is 200 Å². The average molecular weight is 812 g/mol. The van der Waals surface area contributed by atoms with E-state index in [1.54, 1.807) is 11.1 Å². The van der Waals surface area contributed by atoms with Crippen LogP contribution in [0.15, 0.2) is 121 Å². The molecule has 1 spiro atoms. The lowest BCUT2D eigenvalue weighted by molar-refractivity contribution is -0.0399. The Morgan fingerprint density at radius 2 is 0.919 bits per heavy atom. The van der Waals surface area contributed by atoms with Gasteiger partial charge >= 0.3 is 0 Å². The molecule has 0 amide bonds. The van der Waals surface area contributed by atoms with Gasteiger partial charge in [-0.25, -0.2) is 0 Å². The molecule has 4 bridgehead atoms. The third-order valence-electron chi connectivity index (χ3n) is 17.9. The van der Waals surface area contributed by atoms with Crippen LogP contribution in [0.25, 0.3) is 33.4 Å². The zero-order valence-electron chi connectivity index (χ0n) is 38.8. The lowest BCUT2D eigenvalue weighted by Gasteiger charge is -2.61. The molecule has 1 heteroatoms. The van der Waals surface area contributed by atoms with Crippen LogP contribution in [0.5, 0.6) is 0 Å². The van der Waals surface area contributed by atoms with E-state index in [1.165, 1.54) is 123 Å². The summed E-state index contributed by atoms with van der Waals surface area (Å²) in [6.07, 6.45) is 9.38. The highest BCUT2D eigenvalue weighted by molar-refractivity contribution is 5.90. The quantitative estimate of drug-likeness (QED) is 0.171. The van der Waals surface area contributed by atoms with Crippen LogP contribution in [0.3, 0.4) is 0 Å². The van der Waals surface area contributed by atoms with Gasteiger partial charge in [-0.15, -0.1) is 0 Å². The van der Waals surface area contributed by atoms with Crippen LogP contribution in [0.1, 0.15) is 146 Å². The molecule has 314 valence electrons. The van der Waals surface area contributed by atoms with Gasteiger partial charge in [0.2, 0.25) is 0 Å². The summed E-state index contributed by atoms with van der Waals surface area (Å²) < 4.78 is 0. The minimum absolute atomic E-state index is 0.0462. The van der Waals surface area contributed by atoms with Crippen molar-refractivity contribution in [3.05, 3.63) is 160 Å². The van der Waals surface area contributed by atoms with E-state index in [0.717, 1.165) is 11.8 Å². The zero-order chi connectivity index (χ0) is 42.7. The highest BCUT2D eigenvalue weighted by Crippen LogP contribution is 2.70. The Kier molecular flexibility index (Phi) is 8.04. The molecule has 0 saturated heterocycles. The summed E-state index contributed by atoms with van der Waals surface area (Å²) in [6, 6.07) is 48.8. The molecule has 0 aliphatic heterocycles. The van der Waals surface area contributed by atoms with Crippen LogP contribution in [-0.4, -0.2) is 0 Å². The number of nitrogens with zero attached hydrogens (tertiary/aromatic N) is 1. The monoisotopic (exact) mass is 812 g/mol. The van der Waals surface area contributed by atoms with Gasteiger partial charge in [0, 0.05) is 27.9 Å². The topological polar surface area (TPSA) is 3.24 Å². The molecule has 4 fully saturated rings. The maximum atomic E-state index is 2.71. The molecule has 0 N–H and O–H groups in total. The van der Waals surface area contributed by atoms with Gasteiger partial charge in [-0.1, -0.05) is 141 Å². The number of anilines is 3. The van der Waals surface area contributed by atoms with Crippen molar-refractivity contribution in [3.63, 3.8) is 0 Å². The van der Waals surface area contributed by atoms with Crippen molar-refractivity contribution in [2.45, 2.75) is 134 Å². The summed E-state index contributed by atoms with van der Waals surface area (Å²) in [5.74, 6) is 3.16. The molecule has 0 aromatic heterocycles. The third kappa shape index (κ3) is 5.39. The fourth-order valence-electron chi connectivity index (χ4n) is 14.7. The van der Waals surface area contributed by atoms with Crippen LogP contribution >= 0.6 is 0 Å². The first-order chi connectivity index (χ1) is 29.5. The molecule has 6 aromatic carbocycles. The van der Waals surface area contributed by atoms with E-state index in [-0.39, 0.29) is 27.1 Å². The zero-order valence-corrected chi connectivity index (χ0v) is 38.8. The van der Waals surface area contributed by atoms with Crippen LogP contribution in [0.4, 0.5) is 17.1 Å². The SMILES string of the molecule is CC(C)(C)c1ccc(-c2ccc3c(c2)C2(c4cc(N(c5ccc6c(c5)C(C)(C)CCC6(C)C)c5ccc6c(c5)C(C)(C)c5ccccc5-6)ccc4-3)C3CC4CC(C3)CC2C4)cc1. The van der Waals surface area contributed by atoms with Crippen LogP contribution in [0.2, 0.25) is 0 Å². The van der Waals surface area contributed by atoms with Gasteiger partial charge in [0.1, 0.15) is 0 Å². The minimum Gasteiger partial charge on any atom is -0.310 e. The van der Waals surface area contributed by atoms with E-state index in [2.05, 4.69) is 189 Å². The van der Waals surface area contributed by atoms with Gasteiger partial charge in [0.05, 0.1) is 0 Å². The maximum absolute atomic E-state index is 2.71. The van der Waals surface area contributed by atoms with Crippen LogP contribution in [0, 0.1) is 23.7 Å². The summed E-state index contributed by atoms with van der Waals surface area (Å²) >= 11 is 0. The second-order valence-corrected chi connectivity index (χ2v) is 23.7. The predicted molar refractivity (Wildman–Crippen MR) is 261 cm³/mol. The number of fused-ring (bicyclic) bond motifs is 7. The van der Waals surface area contributed by atoms with E-state index >= 15 is 0 Å². The number of benzene rings is 6. The molecule has 0 unspecified atom stereocenters. The molecule has 4 saturated carbocycles. The fourth-order valence-corrected chi connectivity index (χ4v) is 14.7. The highest BCUT2D eigenvalue weighted by atomic mass is 15.1. The van der Waals surface area contributed by atoms with Crippen molar-refractivity contribution in [1.82, 2.24) is 0 Å². The first-order valence-corrected chi connectivity index (χ1v) is 24.1. The van der Waals surface area contributed by atoms with Gasteiger partial charge < -0.3 is 4.90 Å². The molecule has 62 heavy (non-hydrogen) atoms. The molecule has 0 radical (unpaired) electrons. The molecule has 0 atom stereocenters. The minimum atomic E-state index is -0.0791. The maximum Gasteiger partial charge on any atom is 0.0465 e. The Balaban J connectivity index is 1.06. The molecule has 7 aliphatic carbocycles. The van der Waals surface area contributed by atoms with E-state index < -0.39 is 0 Å². The van der Waals surface area contributed by atoms with E-state index in [0.29, 0.717) is 11.8 Å². The van der Waals surface area contributed by atoms with Crippen molar-refractivity contribution >= 4 is 17.1 Å². The van der Waals surface area contributed by atoms with Gasteiger partial charge in [0.15, 0.2) is 0 Å². The lowest BCUT2D eigenvalue weighted by atomic mass is 9.43. The van der Waals surface area contributed by atoms with Crippen molar-refractivity contribution < 1.29 is 0 Å². The number of rotatable bonds is 4. The van der Waals surface area contributed by atoms with Gasteiger partial charge in [-0.3, -0.25) is 0 Å². The van der Waals surface area contributed by atoms with Gasteiger partial charge in [0.25, 0.3) is 0 Å². The summed E-state index contributed by atoms with van der Waals surface area (Å²) in [4.78, 5) is 2.65. The van der Waals surface area contributed by atoms with Crippen molar-refractivity contribution in [1.29, 1.82) is 0 Å². The van der Waals surface area contributed by atoms with E-state index in [4.69, 9.17) is 0 Å². The summed E-state index contributed by atoms with van der Waals surface area (Å²) in [6.45, 7) is 21.6. The summed E-state index contributed by atoms with van der Waals surface area (Å²) in [5.41, 5.74) is 23.1. The molecule has 6 aromatic rings. The predicted octanol–water partition coefficient (Wildman–Crippen LogP) is 16.5. The average Bonchev–Trinajstić information content (AvgIpc) is 3.66. The first kappa shape index (κ1) is 38.8. The Morgan fingerprint density at radius 3 is 1.55 bits per heavy atom. The molecular weight excluding hydrogens is 747 g/mol. The Morgan fingerprint density at radius 1 is 0.435 bits per heavy atom. The molecule has 13 rings (SSSR count). The number of hydrogen-bond donors (Lipinski definition) is 0. The Hall–Kier alpha value is -4.88. The van der Waals surface area contributed by atoms with E-state index in [1.807, 2.05) is 0 Å². The van der Waals surface area contributed by atoms with Crippen LogP contribution in [-0.2, 0) is 27.1 Å². The largest absolute Gasteiger partial charge is 0.310 e. The first-order valence-electron chi connectivity index (χ1n) is 24.1. The van der Waals surface area contributed by atoms with Crippen molar-refractivity contribution in [2.75, 3.05) is 4.90 Å². The van der Waals surface area contributed by atoms with Gasteiger partial charge in [-0.2, -0.15) is 0 Å². The molecule has 0 heterocycles. The second-order valence-electron chi connectivity index (χ2n) is 23.7. The molecular formula is C61H65N. The van der Waals surface area contributed by atoms with Crippen molar-refractivity contribution in [3.8, 4) is 33.4 Å². The Bertz CT molecular complexity index is 2790. The van der Waals surface area contributed by atoms with Crippen LogP contribution < -0.4 is 4.90 Å². The summed E-state index contributed by atoms with van der Waals surface area (Å²) in [5, 5.41) is 0. The lowest BCUT2D eigenvalue weighted by Crippen LogP contribution is -2.55. The normalized spacial score (nSPS) is 26.1. The highest BCUT2D eigenvalue weighted by Gasteiger charge is 2.61.